The van der Waals surface area contributed by atoms with Crippen LogP contribution in [-0.4, -0.2) is 16.6 Å². The number of nitrogens with one attached hydrogen (secondary N) is 1. The van der Waals surface area contributed by atoms with Crippen LogP contribution >= 0.6 is 39.7 Å². The van der Waals surface area contributed by atoms with E-state index in [4.69, 9.17) is 28.6 Å². The SMILES string of the molecule is CCOCc1nc(=S)cc(-c2ccc(Br)c(Cl)c2F)[nH]1. The first-order valence-corrected chi connectivity index (χ1v) is 7.42. The van der Waals surface area contributed by atoms with E-state index in [1.165, 1.54) is 0 Å². The molecule has 1 heterocycles. The normalized spacial score (nSPS) is 10.8. The monoisotopic (exact) mass is 376 g/mol. The molecule has 0 aliphatic rings. The first-order chi connectivity index (χ1) is 9.52. The molecule has 7 heteroatoms. The number of rotatable bonds is 4. The highest BCUT2D eigenvalue weighted by Crippen LogP contribution is 2.32. The van der Waals surface area contributed by atoms with E-state index in [0.717, 1.165) is 0 Å². The second-order valence-electron chi connectivity index (χ2n) is 3.94. The van der Waals surface area contributed by atoms with Crippen LogP contribution in [0.3, 0.4) is 0 Å². The third kappa shape index (κ3) is 3.44. The van der Waals surface area contributed by atoms with Gasteiger partial charge in [-0.2, -0.15) is 0 Å². The van der Waals surface area contributed by atoms with Crippen molar-refractivity contribution in [3.8, 4) is 11.3 Å². The molecule has 0 aliphatic carbocycles. The minimum Gasteiger partial charge on any atom is -0.374 e. The van der Waals surface area contributed by atoms with Gasteiger partial charge in [-0.15, -0.1) is 0 Å². The van der Waals surface area contributed by atoms with E-state index in [1.807, 2.05) is 6.92 Å². The number of halogens is 3. The lowest BCUT2D eigenvalue weighted by Crippen LogP contribution is -2.01. The van der Waals surface area contributed by atoms with Crippen molar-refractivity contribution < 1.29 is 9.13 Å². The van der Waals surface area contributed by atoms with Gasteiger partial charge >= 0.3 is 0 Å². The maximum absolute atomic E-state index is 14.2. The number of aromatic nitrogens is 2. The summed E-state index contributed by atoms with van der Waals surface area (Å²) >= 11 is 14.2. The van der Waals surface area contributed by atoms with Crippen molar-refractivity contribution in [1.82, 2.24) is 9.97 Å². The molecule has 0 bridgehead atoms. The number of hydrogen-bond acceptors (Lipinski definition) is 3. The van der Waals surface area contributed by atoms with Crippen LogP contribution in [0.25, 0.3) is 11.3 Å². The maximum Gasteiger partial charge on any atom is 0.152 e. The van der Waals surface area contributed by atoms with Crippen molar-refractivity contribution in [2.24, 2.45) is 0 Å². The van der Waals surface area contributed by atoms with Gasteiger partial charge in [0, 0.05) is 16.6 Å². The van der Waals surface area contributed by atoms with Crippen LogP contribution in [-0.2, 0) is 11.3 Å². The van der Waals surface area contributed by atoms with Crippen molar-refractivity contribution in [2.45, 2.75) is 13.5 Å². The Balaban J connectivity index is 2.50. The van der Waals surface area contributed by atoms with Crippen molar-refractivity contribution in [3.05, 3.63) is 44.0 Å². The molecule has 0 unspecified atom stereocenters. The number of hydrogen-bond donors (Lipinski definition) is 1. The lowest BCUT2D eigenvalue weighted by atomic mass is 10.1. The molecule has 1 aromatic heterocycles. The average Bonchev–Trinajstić information content (AvgIpc) is 2.42. The van der Waals surface area contributed by atoms with Crippen molar-refractivity contribution in [3.63, 3.8) is 0 Å². The van der Waals surface area contributed by atoms with Gasteiger partial charge in [0.1, 0.15) is 17.1 Å². The van der Waals surface area contributed by atoms with Gasteiger partial charge in [-0.25, -0.2) is 9.37 Å². The summed E-state index contributed by atoms with van der Waals surface area (Å²) in [5.74, 6) is 0.0352. The van der Waals surface area contributed by atoms with Crippen LogP contribution in [0.1, 0.15) is 12.7 Å². The Morgan fingerprint density at radius 3 is 2.95 bits per heavy atom. The van der Waals surface area contributed by atoms with E-state index in [2.05, 4.69) is 25.9 Å². The molecule has 0 aliphatic heterocycles. The Hall–Kier alpha value is -0.820. The van der Waals surface area contributed by atoms with E-state index in [0.29, 0.717) is 39.4 Å². The lowest BCUT2D eigenvalue weighted by Gasteiger charge is -2.09. The molecule has 0 amide bonds. The zero-order valence-corrected chi connectivity index (χ0v) is 13.7. The van der Waals surface area contributed by atoms with Gasteiger partial charge in [-0.3, -0.25) is 0 Å². The lowest BCUT2D eigenvalue weighted by molar-refractivity contribution is 0.128. The molecule has 106 valence electrons. The highest BCUT2D eigenvalue weighted by atomic mass is 79.9. The largest absolute Gasteiger partial charge is 0.374 e. The van der Waals surface area contributed by atoms with Crippen LogP contribution in [0.2, 0.25) is 5.02 Å². The van der Waals surface area contributed by atoms with Crippen molar-refractivity contribution in [1.29, 1.82) is 0 Å². The summed E-state index contributed by atoms with van der Waals surface area (Å²) in [6, 6.07) is 4.89. The number of nitrogens with zero attached hydrogens (tertiary/aromatic N) is 1. The van der Waals surface area contributed by atoms with Gasteiger partial charge in [0.2, 0.25) is 0 Å². The minimum absolute atomic E-state index is 0.0324. The van der Waals surface area contributed by atoms with E-state index in [9.17, 15) is 4.39 Å². The summed E-state index contributed by atoms with van der Waals surface area (Å²) in [5.41, 5.74) is 0.857. The number of aromatic amines is 1. The van der Waals surface area contributed by atoms with Crippen LogP contribution in [0, 0.1) is 10.5 Å². The van der Waals surface area contributed by atoms with Crippen LogP contribution in [0.4, 0.5) is 4.39 Å². The summed E-state index contributed by atoms with van der Waals surface area (Å²) in [4.78, 5) is 7.14. The third-order valence-corrected chi connectivity index (χ3v) is 4.03. The third-order valence-electron chi connectivity index (χ3n) is 2.56. The Bertz CT molecular complexity index is 693. The molecule has 0 radical (unpaired) electrons. The number of ether oxygens (including phenoxy) is 1. The van der Waals surface area contributed by atoms with Gasteiger partial charge in [0.05, 0.1) is 10.7 Å². The molecule has 0 spiro atoms. The molecular weight excluding hydrogens is 367 g/mol. The van der Waals surface area contributed by atoms with Gasteiger partial charge in [-0.1, -0.05) is 23.8 Å². The fourth-order valence-corrected chi connectivity index (χ4v) is 2.35. The quantitative estimate of drug-likeness (QED) is 0.608. The standard InChI is InChI=1S/C13H11BrClFN2OS/c1-2-19-6-10-17-9(5-11(20)18-10)7-3-4-8(14)12(15)13(7)16/h3-5H,2,6H2,1H3,(H,17,18,20). The Labute approximate surface area is 134 Å². The molecule has 1 N–H and O–H groups in total. The molecule has 1 aromatic carbocycles. The summed E-state index contributed by atoms with van der Waals surface area (Å²) in [6.45, 7) is 2.73. The van der Waals surface area contributed by atoms with Crippen LogP contribution in [0.15, 0.2) is 22.7 Å². The second-order valence-corrected chi connectivity index (χ2v) is 5.59. The van der Waals surface area contributed by atoms with E-state index in [1.54, 1.807) is 18.2 Å². The molecule has 0 saturated carbocycles. The molecule has 0 atom stereocenters. The summed E-state index contributed by atoms with van der Waals surface area (Å²) < 4.78 is 20.3. The average molecular weight is 378 g/mol. The zero-order valence-electron chi connectivity index (χ0n) is 10.5. The molecule has 2 aromatic rings. The van der Waals surface area contributed by atoms with Crippen molar-refractivity contribution >= 4 is 39.7 Å². The molecule has 20 heavy (non-hydrogen) atoms. The molecule has 3 nitrogen and oxygen atoms in total. The first kappa shape index (κ1) is 15.6. The van der Waals surface area contributed by atoms with Gasteiger partial charge in [-0.05, 0) is 41.1 Å². The first-order valence-electron chi connectivity index (χ1n) is 5.84. The maximum atomic E-state index is 14.2. The second kappa shape index (κ2) is 6.76. The van der Waals surface area contributed by atoms with Gasteiger partial charge in [0.25, 0.3) is 0 Å². The van der Waals surface area contributed by atoms with Gasteiger partial charge in [0.15, 0.2) is 5.82 Å². The topological polar surface area (TPSA) is 37.9 Å². The fourth-order valence-electron chi connectivity index (χ4n) is 1.65. The highest BCUT2D eigenvalue weighted by Gasteiger charge is 2.13. The smallest absolute Gasteiger partial charge is 0.152 e. The molecular formula is C13H11BrClFN2OS. The molecule has 0 fully saturated rings. The highest BCUT2D eigenvalue weighted by molar-refractivity contribution is 9.10. The Kier molecular flexibility index (Phi) is 5.26. The summed E-state index contributed by atoms with van der Waals surface area (Å²) in [7, 11) is 0. The number of H-pyrrole nitrogens is 1. The van der Waals surface area contributed by atoms with Crippen molar-refractivity contribution in [2.75, 3.05) is 6.61 Å². The zero-order chi connectivity index (χ0) is 14.7. The minimum atomic E-state index is -0.514. The Morgan fingerprint density at radius 2 is 2.25 bits per heavy atom. The molecule has 0 saturated heterocycles. The predicted octanol–water partition coefficient (Wildman–Crippen LogP) is 4.90. The predicted molar refractivity (Wildman–Crippen MR) is 82.9 cm³/mol. The van der Waals surface area contributed by atoms with E-state index in [-0.39, 0.29) is 5.02 Å². The van der Waals surface area contributed by atoms with Gasteiger partial charge < -0.3 is 9.72 Å². The fraction of sp³-hybridized carbons (Fsp3) is 0.231. The van der Waals surface area contributed by atoms with Crippen LogP contribution < -0.4 is 0 Å². The number of benzene rings is 1. The Morgan fingerprint density at radius 1 is 1.50 bits per heavy atom. The summed E-state index contributed by atoms with van der Waals surface area (Å²) in [6.07, 6.45) is 0. The summed E-state index contributed by atoms with van der Waals surface area (Å²) in [5, 5.41) is 0.0324. The van der Waals surface area contributed by atoms with Crippen LogP contribution in [0.5, 0.6) is 0 Å². The van der Waals surface area contributed by atoms with E-state index >= 15 is 0 Å². The molecule has 2 rings (SSSR count). The van der Waals surface area contributed by atoms with E-state index < -0.39 is 5.82 Å².